The molecule has 1 amide bonds. The molecule has 0 aliphatic carbocycles. The SMILES string of the molecule is O=C(NCCOCCO)c1ccncc1O. The van der Waals surface area contributed by atoms with Crippen LogP contribution in [0.15, 0.2) is 18.5 Å². The van der Waals surface area contributed by atoms with Crippen molar-refractivity contribution in [2.24, 2.45) is 0 Å². The van der Waals surface area contributed by atoms with Crippen molar-refractivity contribution in [1.82, 2.24) is 10.3 Å². The van der Waals surface area contributed by atoms with Gasteiger partial charge < -0.3 is 20.3 Å². The number of aromatic nitrogens is 1. The van der Waals surface area contributed by atoms with Crippen LogP contribution in [0.25, 0.3) is 0 Å². The van der Waals surface area contributed by atoms with Gasteiger partial charge in [-0.3, -0.25) is 9.78 Å². The standard InChI is InChI=1S/C10H14N2O4/c13-4-6-16-5-3-12-10(15)8-1-2-11-7-9(8)14/h1-2,7,13-14H,3-6H2,(H,12,15). The Labute approximate surface area is 92.9 Å². The molecule has 0 aromatic carbocycles. The third-order valence-corrected chi connectivity index (χ3v) is 1.81. The number of carbonyl (C=O) groups excluding carboxylic acids is 1. The summed E-state index contributed by atoms with van der Waals surface area (Å²) in [5, 5.41) is 20.3. The second-order valence-electron chi connectivity index (χ2n) is 2.98. The lowest BCUT2D eigenvalue weighted by atomic mass is 10.2. The van der Waals surface area contributed by atoms with Crippen LogP contribution in [0, 0.1) is 0 Å². The lowest BCUT2D eigenvalue weighted by molar-refractivity contribution is 0.0836. The fraction of sp³-hybridized carbons (Fsp3) is 0.400. The predicted molar refractivity (Wildman–Crippen MR) is 56.1 cm³/mol. The van der Waals surface area contributed by atoms with Crippen LogP contribution in [0.1, 0.15) is 10.4 Å². The first-order valence-electron chi connectivity index (χ1n) is 4.85. The van der Waals surface area contributed by atoms with Gasteiger partial charge in [0.2, 0.25) is 0 Å². The zero-order valence-electron chi connectivity index (χ0n) is 8.72. The van der Waals surface area contributed by atoms with Gasteiger partial charge in [0.25, 0.3) is 5.91 Å². The summed E-state index contributed by atoms with van der Waals surface area (Å²) in [6.07, 6.45) is 2.63. The molecule has 3 N–H and O–H groups in total. The third kappa shape index (κ3) is 3.84. The molecule has 0 saturated heterocycles. The summed E-state index contributed by atoms with van der Waals surface area (Å²) < 4.78 is 4.96. The lowest BCUT2D eigenvalue weighted by Gasteiger charge is -2.06. The normalized spacial score (nSPS) is 10.1. The van der Waals surface area contributed by atoms with Gasteiger partial charge in [-0.05, 0) is 6.07 Å². The highest BCUT2D eigenvalue weighted by molar-refractivity contribution is 5.96. The van der Waals surface area contributed by atoms with Gasteiger partial charge in [-0.15, -0.1) is 0 Å². The van der Waals surface area contributed by atoms with Crippen molar-refractivity contribution in [2.45, 2.75) is 0 Å². The Balaban J connectivity index is 2.33. The Hall–Kier alpha value is -1.66. The Kier molecular flexibility index (Phi) is 5.24. The van der Waals surface area contributed by atoms with Crippen molar-refractivity contribution in [2.75, 3.05) is 26.4 Å². The van der Waals surface area contributed by atoms with Crippen LogP contribution in [0.5, 0.6) is 5.75 Å². The zero-order chi connectivity index (χ0) is 11.8. The number of aliphatic hydroxyl groups excluding tert-OH is 1. The summed E-state index contributed by atoms with van der Waals surface area (Å²) >= 11 is 0. The van der Waals surface area contributed by atoms with E-state index in [4.69, 9.17) is 9.84 Å². The summed E-state index contributed by atoms with van der Waals surface area (Å²) in [7, 11) is 0. The molecule has 0 spiro atoms. The van der Waals surface area contributed by atoms with Gasteiger partial charge >= 0.3 is 0 Å². The Morgan fingerprint density at radius 1 is 1.50 bits per heavy atom. The van der Waals surface area contributed by atoms with Gasteiger partial charge in [0.1, 0.15) is 5.75 Å². The number of nitrogens with zero attached hydrogens (tertiary/aromatic N) is 1. The van der Waals surface area contributed by atoms with E-state index in [1.165, 1.54) is 18.5 Å². The smallest absolute Gasteiger partial charge is 0.255 e. The number of carbonyl (C=O) groups is 1. The van der Waals surface area contributed by atoms with Gasteiger partial charge in [0, 0.05) is 12.7 Å². The Morgan fingerprint density at radius 2 is 2.31 bits per heavy atom. The molecule has 0 aliphatic heterocycles. The van der Waals surface area contributed by atoms with Crippen LogP contribution in [-0.4, -0.2) is 47.5 Å². The van der Waals surface area contributed by atoms with Gasteiger partial charge in [0.15, 0.2) is 0 Å². The molecule has 6 heteroatoms. The molecule has 1 rings (SSSR count). The van der Waals surface area contributed by atoms with E-state index in [1.54, 1.807) is 0 Å². The molecule has 1 aromatic rings. The van der Waals surface area contributed by atoms with Crippen molar-refractivity contribution in [3.63, 3.8) is 0 Å². The Morgan fingerprint density at radius 3 is 3.00 bits per heavy atom. The van der Waals surface area contributed by atoms with Crippen molar-refractivity contribution in [1.29, 1.82) is 0 Å². The summed E-state index contributed by atoms with van der Waals surface area (Å²) in [6, 6.07) is 1.43. The van der Waals surface area contributed by atoms with Crippen molar-refractivity contribution in [3.05, 3.63) is 24.0 Å². The molecule has 16 heavy (non-hydrogen) atoms. The number of aliphatic hydroxyl groups is 1. The summed E-state index contributed by atoms with van der Waals surface area (Å²) in [6.45, 7) is 0.841. The number of amides is 1. The Bertz CT molecular complexity index is 343. The fourth-order valence-corrected chi connectivity index (χ4v) is 1.08. The van der Waals surface area contributed by atoms with Gasteiger partial charge in [0.05, 0.1) is 31.6 Å². The van der Waals surface area contributed by atoms with Crippen LogP contribution in [0.3, 0.4) is 0 Å². The van der Waals surface area contributed by atoms with Gasteiger partial charge in [-0.25, -0.2) is 0 Å². The first-order chi connectivity index (χ1) is 7.75. The quantitative estimate of drug-likeness (QED) is 0.570. The summed E-state index contributed by atoms with van der Waals surface area (Å²) in [4.78, 5) is 15.2. The molecular formula is C10H14N2O4. The average molecular weight is 226 g/mol. The largest absolute Gasteiger partial charge is 0.505 e. The van der Waals surface area contributed by atoms with E-state index in [1.807, 2.05) is 0 Å². The molecule has 0 fully saturated rings. The van der Waals surface area contributed by atoms with E-state index in [0.717, 1.165) is 0 Å². The van der Waals surface area contributed by atoms with Gasteiger partial charge in [-0.2, -0.15) is 0 Å². The molecule has 0 atom stereocenters. The zero-order valence-corrected chi connectivity index (χ0v) is 8.72. The van der Waals surface area contributed by atoms with E-state index in [0.29, 0.717) is 13.2 Å². The highest BCUT2D eigenvalue weighted by Crippen LogP contribution is 2.12. The number of nitrogens with one attached hydrogen (secondary N) is 1. The first-order valence-corrected chi connectivity index (χ1v) is 4.85. The highest BCUT2D eigenvalue weighted by Gasteiger charge is 2.09. The number of rotatable bonds is 6. The van der Waals surface area contributed by atoms with Gasteiger partial charge in [-0.1, -0.05) is 0 Å². The van der Waals surface area contributed by atoms with E-state index in [-0.39, 0.29) is 30.4 Å². The van der Waals surface area contributed by atoms with Crippen LogP contribution in [-0.2, 0) is 4.74 Å². The monoisotopic (exact) mass is 226 g/mol. The minimum absolute atomic E-state index is 0.0426. The maximum Gasteiger partial charge on any atom is 0.255 e. The number of pyridine rings is 1. The maximum absolute atomic E-state index is 11.5. The summed E-state index contributed by atoms with van der Waals surface area (Å²) in [5.41, 5.74) is 0.178. The molecule has 6 nitrogen and oxygen atoms in total. The number of aromatic hydroxyl groups is 1. The molecule has 1 heterocycles. The minimum atomic E-state index is -0.382. The predicted octanol–water partition coefficient (Wildman–Crippen LogP) is -0.474. The van der Waals surface area contributed by atoms with Crippen LogP contribution in [0.2, 0.25) is 0 Å². The van der Waals surface area contributed by atoms with Crippen molar-refractivity contribution >= 4 is 5.91 Å². The summed E-state index contributed by atoms with van der Waals surface area (Å²) in [5.74, 6) is -0.538. The number of ether oxygens (including phenoxy) is 1. The second kappa shape index (κ2) is 6.76. The van der Waals surface area contributed by atoms with E-state index in [2.05, 4.69) is 10.3 Å². The van der Waals surface area contributed by atoms with Crippen LogP contribution in [0.4, 0.5) is 0 Å². The maximum atomic E-state index is 11.5. The first kappa shape index (κ1) is 12.4. The molecule has 0 radical (unpaired) electrons. The average Bonchev–Trinajstić information content (AvgIpc) is 2.29. The fourth-order valence-electron chi connectivity index (χ4n) is 1.08. The molecular weight excluding hydrogens is 212 g/mol. The molecule has 0 bridgehead atoms. The molecule has 0 aliphatic rings. The van der Waals surface area contributed by atoms with E-state index in [9.17, 15) is 9.90 Å². The highest BCUT2D eigenvalue weighted by atomic mass is 16.5. The van der Waals surface area contributed by atoms with Crippen LogP contribution < -0.4 is 5.32 Å². The van der Waals surface area contributed by atoms with Crippen molar-refractivity contribution < 1.29 is 19.7 Å². The van der Waals surface area contributed by atoms with E-state index < -0.39 is 0 Å². The second-order valence-corrected chi connectivity index (χ2v) is 2.98. The van der Waals surface area contributed by atoms with Crippen LogP contribution >= 0.6 is 0 Å². The van der Waals surface area contributed by atoms with E-state index >= 15 is 0 Å². The lowest BCUT2D eigenvalue weighted by Crippen LogP contribution is -2.27. The third-order valence-electron chi connectivity index (χ3n) is 1.81. The number of hydrogen-bond donors (Lipinski definition) is 3. The minimum Gasteiger partial charge on any atom is -0.505 e. The molecule has 1 aromatic heterocycles. The molecule has 0 saturated carbocycles. The molecule has 88 valence electrons. The number of hydrogen-bond acceptors (Lipinski definition) is 5. The van der Waals surface area contributed by atoms with Crippen molar-refractivity contribution in [3.8, 4) is 5.75 Å². The topological polar surface area (TPSA) is 91.7 Å². The molecule has 0 unspecified atom stereocenters.